The van der Waals surface area contributed by atoms with E-state index < -0.39 is 0 Å². The molecule has 2 nitrogen and oxygen atoms in total. The number of methoxy groups -OCH3 is 1. The Morgan fingerprint density at radius 3 is 2.63 bits per heavy atom. The molecular formula is C17H12O2. The molecule has 0 saturated carbocycles. The molecule has 2 heteroatoms. The third-order valence-corrected chi connectivity index (χ3v) is 3.57. The molecular weight excluding hydrogens is 236 g/mol. The lowest BCUT2D eigenvalue weighted by Crippen LogP contribution is -1.80. The van der Waals surface area contributed by atoms with E-state index in [2.05, 4.69) is 24.3 Å². The van der Waals surface area contributed by atoms with E-state index in [0.29, 0.717) is 0 Å². The number of ether oxygens (including phenoxy) is 1. The van der Waals surface area contributed by atoms with Crippen molar-refractivity contribution in [1.29, 1.82) is 0 Å². The molecule has 0 saturated heterocycles. The lowest BCUT2D eigenvalue weighted by atomic mass is 10.1. The van der Waals surface area contributed by atoms with E-state index in [1.165, 1.54) is 5.39 Å². The summed E-state index contributed by atoms with van der Waals surface area (Å²) in [5.41, 5.74) is 1.84. The van der Waals surface area contributed by atoms with Crippen LogP contribution in [0.15, 0.2) is 59.0 Å². The summed E-state index contributed by atoms with van der Waals surface area (Å²) in [4.78, 5) is 0. The molecule has 0 unspecified atom stereocenters. The van der Waals surface area contributed by atoms with Crippen LogP contribution < -0.4 is 4.74 Å². The maximum Gasteiger partial charge on any atom is 0.143 e. The van der Waals surface area contributed by atoms with E-state index in [9.17, 15) is 0 Å². The van der Waals surface area contributed by atoms with Gasteiger partial charge in [-0.2, -0.15) is 0 Å². The summed E-state index contributed by atoms with van der Waals surface area (Å²) < 4.78 is 11.3. The van der Waals surface area contributed by atoms with E-state index in [-0.39, 0.29) is 0 Å². The number of hydrogen-bond donors (Lipinski definition) is 0. The van der Waals surface area contributed by atoms with Gasteiger partial charge in [0.05, 0.1) is 7.11 Å². The minimum atomic E-state index is 0.850. The van der Waals surface area contributed by atoms with E-state index in [1.807, 2.05) is 30.3 Å². The summed E-state index contributed by atoms with van der Waals surface area (Å²) in [6.07, 6.45) is 0. The van der Waals surface area contributed by atoms with Crippen molar-refractivity contribution in [3.63, 3.8) is 0 Å². The van der Waals surface area contributed by atoms with Gasteiger partial charge < -0.3 is 9.15 Å². The van der Waals surface area contributed by atoms with Crippen LogP contribution >= 0.6 is 0 Å². The zero-order chi connectivity index (χ0) is 12.8. The second-order valence-electron chi connectivity index (χ2n) is 4.63. The van der Waals surface area contributed by atoms with Crippen molar-refractivity contribution in [2.75, 3.05) is 7.11 Å². The minimum absolute atomic E-state index is 0.850. The molecule has 19 heavy (non-hydrogen) atoms. The van der Waals surface area contributed by atoms with Crippen LogP contribution in [-0.4, -0.2) is 7.11 Å². The van der Waals surface area contributed by atoms with Gasteiger partial charge in [-0.05, 0) is 29.7 Å². The van der Waals surface area contributed by atoms with E-state index in [4.69, 9.17) is 9.15 Å². The standard InChI is InChI=1S/C17H12O2/c1-18-12-7-9-16-15(10-12)14-8-6-11-4-2-3-5-13(11)17(14)19-16/h2-10H,1H3. The fourth-order valence-corrected chi connectivity index (χ4v) is 2.61. The number of hydrogen-bond acceptors (Lipinski definition) is 2. The fourth-order valence-electron chi connectivity index (χ4n) is 2.61. The van der Waals surface area contributed by atoms with Gasteiger partial charge in [-0.25, -0.2) is 0 Å². The van der Waals surface area contributed by atoms with Crippen molar-refractivity contribution in [1.82, 2.24) is 0 Å². The Kier molecular flexibility index (Phi) is 2.06. The van der Waals surface area contributed by atoms with Crippen molar-refractivity contribution in [3.8, 4) is 5.75 Å². The van der Waals surface area contributed by atoms with Crippen LogP contribution in [0, 0.1) is 0 Å². The predicted octanol–water partition coefficient (Wildman–Crippen LogP) is 4.75. The van der Waals surface area contributed by atoms with E-state index in [0.717, 1.165) is 33.1 Å². The number of fused-ring (bicyclic) bond motifs is 5. The summed E-state index contributed by atoms with van der Waals surface area (Å²) in [6, 6.07) is 18.4. The Labute approximate surface area is 110 Å². The number of benzene rings is 3. The zero-order valence-electron chi connectivity index (χ0n) is 10.5. The Morgan fingerprint density at radius 1 is 0.842 bits per heavy atom. The average molecular weight is 248 g/mol. The lowest BCUT2D eigenvalue weighted by Gasteiger charge is -1.98. The van der Waals surface area contributed by atoms with Crippen molar-refractivity contribution in [3.05, 3.63) is 54.6 Å². The predicted molar refractivity (Wildman–Crippen MR) is 77.8 cm³/mol. The number of furan rings is 1. The van der Waals surface area contributed by atoms with Crippen LogP contribution in [-0.2, 0) is 0 Å². The molecule has 0 radical (unpaired) electrons. The Balaban J connectivity index is 2.21. The SMILES string of the molecule is COc1ccc2oc3c4ccccc4ccc3c2c1. The molecule has 0 atom stereocenters. The normalized spacial score (nSPS) is 11.4. The van der Waals surface area contributed by atoms with Gasteiger partial charge >= 0.3 is 0 Å². The highest BCUT2D eigenvalue weighted by atomic mass is 16.5. The number of rotatable bonds is 1. The highest BCUT2D eigenvalue weighted by molar-refractivity contribution is 6.15. The first kappa shape index (κ1) is 10.4. The molecule has 0 amide bonds. The Hall–Kier alpha value is -2.48. The smallest absolute Gasteiger partial charge is 0.143 e. The Bertz CT molecular complexity index is 903. The summed E-state index contributed by atoms with van der Waals surface area (Å²) in [5.74, 6) is 0.850. The van der Waals surface area contributed by atoms with Crippen LogP contribution in [0.2, 0.25) is 0 Å². The van der Waals surface area contributed by atoms with Gasteiger partial charge in [0.15, 0.2) is 0 Å². The van der Waals surface area contributed by atoms with Gasteiger partial charge in [0.25, 0.3) is 0 Å². The second-order valence-corrected chi connectivity index (χ2v) is 4.63. The highest BCUT2D eigenvalue weighted by Crippen LogP contribution is 2.35. The van der Waals surface area contributed by atoms with Crippen LogP contribution in [0.4, 0.5) is 0 Å². The molecule has 0 aliphatic heterocycles. The second kappa shape index (κ2) is 3.75. The van der Waals surface area contributed by atoms with Gasteiger partial charge in [-0.3, -0.25) is 0 Å². The zero-order valence-corrected chi connectivity index (χ0v) is 10.5. The van der Waals surface area contributed by atoms with Crippen LogP contribution in [0.5, 0.6) is 5.75 Å². The molecule has 4 aromatic rings. The summed E-state index contributed by atoms with van der Waals surface area (Å²) >= 11 is 0. The first-order valence-corrected chi connectivity index (χ1v) is 6.25. The molecule has 1 heterocycles. The third-order valence-electron chi connectivity index (χ3n) is 3.57. The van der Waals surface area contributed by atoms with E-state index >= 15 is 0 Å². The van der Waals surface area contributed by atoms with E-state index in [1.54, 1.807) is 7.11 Å². The maximum absolute atomic E-state index is 6.01. The fraction of sp³-hybridized carbons (Fsp3) is 0.0588. The molecule has 92 valence electrons. The van der Waals surface area contributed by atoms with Gasteiger partial charge in [0.1, 0.15) is 16.9 Å². The minimum Gasteiger partial charge on any atom is -0.497 e. The van der Waals surface area contributed by atoms with Crippen LogP contribution in [0.25, 0.3) is 32.7 Å². The quantitative estimate of drug-likeness (QED) is 0.485. The van der Waals surface area contributed by atoms with Gasteiger partial charge in [-0.1, -0.05) is 30.3 Å². The van der Waals surface area contributed by atoms with Gasteiger partial charge in [0.2, 0.25) is 0 Å². The van der Waals surface area contributed by atoms with Gasteiger partial charge in [-0.15, -0.1) is 0 Å². The largest absolute Gasteiger partial charge is 0.497 e. The molecule has 0 N–H and O–H groups in total. The third kappa shape index (κ3) is 1.43. The molecule has 0 aliphatic rings. The monoisotopic (exact) mass is 248 g/mol. The van der Waals surface area contributed by atoms with Crippen molar-refractivity contribution in [2.24, 2.45) is 0 Å². The summed E-state index contributed by atoms with van der Waals surface area (Å²) in [7, 11) is 1.68. The van der Waals surface area contributed by atoms with Crippen molar-refractivity contribution in [2.45, 2.75) is 0 Å². The Morgan fingerprint density at radius 2 is 1.74 bits per heavy atom. The molecule has 0 spiro atoms. The first-order chi connectivity index (χ1) is 9.36. The maximum atomic E-state index is 6.01. The van der Waals surface area contributed by atoms with Crippen molar-refractivity contribution < 1.29 is 9.15 Å². The van der Waals surface area contributed by atoms with Crippen molar-refractivity contribution >= 4 is 32.7 Å². The summed E-state index contributed by atoms with van der Waals surface area (Å²) in [5, 5.41) is 4.57. The topological polar surface area (TPSA) is 22.4 Å². The van der Waals surface area contributed by atoms with Crippen LogP contribution in [0.1, 0.15) is 0 Å². The molecule has 1 aromatic heterocycles. The molecule has 4 rings (SSSR count). The van der Waals surface area contributed by atoms with Gasteiger partial charge in [0, 0.05) is 16.2 Å². The molecule has 0 aliphatic carbocycles. The highest BCUT2D eigenvalue weighted by Gasteiger charge is 2.10. The molecule has 3 aromatic carbocycles. The molecule has 0 fully saturated rings. The first-order valence-electron chi connectivity index (χ1n) is 6.25. The molecule has 0 bridgehead atoms. The summed E-state index contributed by atoms with van der Waals surface area (Å²) in [6.45, 7) is 0. The van der Waals surface area contributed by atoms with Crippen LogP contribution in [0.3, 0.4) is 0 Å². The lowest BCUT2D eigenvalue weighted by molar-refractivity contribution is 0.415. The average Bonchev–Trinajstić information content (AvgIpc) is 2.85.